The van der Waals surface area contributed by atoms with Gasteiger partial charge in [0, 0.05) is 21.7 Å². The van der Waals surface area contributed by atoms with Crippen molar-refractivity contribution in [3.8, 4) is 33.9 Å². The van der Waals surface area contributed by atoms with Gasteiger partial charge in [-0.2, -0.15) is 0 Å². The van der Waals surface area contributed by atoms with Crippen LogP contribution in [0.25, 0.3) is 33.9 Å². The van der Waals surface area contributed by atoms with E-state index < -0.39 is 0 Å². The van der Waals surface area contributed by atoms with Crippen molar-refractivity contribution in [3.63, 3.8) is 0 Å². The molecule has 2 nitrogen and oxygen atoms in total. The van der Waals surface area contributed by atoms with Crippen LogP contribution in [0.5, 0.6) is 0 Å². The van der Waals surface area contributed by atoms with Gasteiger partial charge in [0.15, 0.2) is 0 Å². The summed E-state index contributed by atoms with van der Waals surface area (Å²) in [5.74, 6) is 0.813. The van der Waals surface area contributed by atoms with Gasteiger partial charge in [0.05, 0.1) is 23.0 Å². The Labute approximate surface area is 197 Å². The highest BCUT2D eigenvalue weighted by molar-refractivity contribution is 6.33. The van der Waals surface area contributed by atoms with E-state index in [1.54, 1.807) is 0 Å². The molecule has 0 saturated heterocycles. The van der Waals surface area contributed by atoms with E-state index in [0.717, 1.165) is 44.5 Å². The fourth-order valence-electron chi connectivity index (χ4n) is 3.94. The van der Waals surface area contributed by atoms with E-state index in [1.807, 2.05) is 78.9 Å². The normalized spacial score (nSPS) is 10.9. The lowest BCUT2D eigenvalue weighted by atomic mass is 10.0. The number of rotatable bonds is 5. The molecule has 0 aliphatic carbocycles. The van der Waals surface area contributed by atoms with Crippen molar-refractivity contribution >= 4 is 23.2 Å². The molecule has 1 heterocycles. The fourth-order valence-corrected chi connectivity index (χ4v) is 4.35. The molecule has 5 aromatic rings. The minimum atomic E-state index is 0.574. The maximum absolute atomic E-state index is 6.64. The van der Waals surface area contributed by atoms with Crippen LogP contribution >= 0.6 is 23.2 Å². The zero-order valence-corrected chi connectivity index (χ0v) is 18.8. The second-order valence-electron chi connectivity index (χ2n) is 7.52. The fraction of sp³-hybridized carbons (Fsp3) is 0.0357. The van der Waals surface area contributed by atoms with Crippen molar-refractivity contribution in [2.75, 3.05) is 0 Å². The molecule has 0 N–H and O–H groups in total. The number of hydrogen-bond donors (Lipinski definition) is 0. The van der Waals surface area contributed by atoms with Crippen LogP contribution in [0.1, 0.15) is 5.56 Å². The molecule has 156 valence electrons. The molecule has 5 rings (SSSR count). The van der Waals surface area contributed by atoms with E-state index in [-0.39, 0.29) is 0 Å². The van der Waals surface area contributed by atoms with Crippen molar-refractivity contribution in [1.82, 2.24) is 9.55 Å². The molecule has 0 saturated carbocycles. The van der Waals surface area contributed by atoms with Gasteiger partial charge in [-0.3, -0.25) is 0 Å². The molecule has 32 heavy (non-hydrogen) atoms. The topological polar surface area (TPSA) is 17.8 Å². The lowest BCUT2D eigenvalue weighted by molar-refractivity contribution is 0.815. The zero-order chi connectivity index (χ0) is 21.9. The predicted octanol–water partition coefficient (Wildman–Crippen LogP) is 8.24. The molecular weight excluding hydrogens is 435 g/mol. The summed E-state index contributed by atoms with van der Waals surface area (Å²) in [7, 11) is 0. The van der Waals surface area contributed by atoms with Crippen molar-refractivity contribution < 1.29 is 0 Å². The van der Waals surface area contributed by atoms with E-state index >= 15 is 0 Å². The molecule has 0 aliphatic rings. The van der Waals surface area contributed by atoms with Crippen LogP contribution in [0.2, 0.25) is 10.0 Å². The molecule has 0 atom stereocenters. The third-order valence-corrected chi connectivity index (χ3v) is 6.16. The van der Waals surface area contributed by atoms with Crippen LogP contribution in [0.3, 0.4) is 0 Å². The first-order chi connectivity index (χ1) is 15.7. The van der Waals surface area contributed by atoms with Crippen LogP contribution < -0.4 is 0 Å². The number of hydrogen-bond acceptors (Lipinski definition) is 1. The molecule has 0 amide bonds. The highest BCUT2D eigenvalue weighted by Gasteiger charge is 2.22. The van der Waals surface area contributed by atoms with Gasteiger partial charge < -0.3 is 4.57 Å². The van der Waals surface area contributed by atoms with Gasteiger partial charge in [0.2, 0.25) is 0 Å². The molecule has 0 fully saturated rings. The maximum Gasteiger partial charge on any atom is 0.142 e. The van der Waals surface area contributed by atoms with E-state index in [1.165, 1.54) is 0 Å². The first-order valence-electron chi connectivity index (χ1n) is 10.4. The summed E-state index contributed by atoms with van der Waals surface area (Å²) >= 11 is 13.2. The molecule has 0 spiro atoms. The van der Waals surface area contributed by atoms with Crippen molar-refractivity contribution in [1.29, 1.82) is 0 Å². The van der Waals surface area contributed by atoms with Gasteiger partial charge in [-0.15, -0.1) is 0 Å². The Morgan fingerprint density at radius 1 is 0.594 bits per heavy atom. The van der Waals surface area contributed by atoms with E-state index in [4.69, 9.17) is 28.2 Å². The minimum Gasteiger partial charge on any atom is -0.319 e. The summed E-state index contributed by atoms with van der Waals surface area (Å²) in [4.78, 5) is 5.15. The summed E-state index contributed by atoms with van der Waals surface area (Å²) in [6.07, 6.45) is 0. The standard InChI is InChI=1S/C28H20Cl2N2/c29-24-17-9-7-15-22(24)19-32-27(21-13-5-2-6-14-21)26(20-11-3-1-4-12-20)31-28(32)23-16-8-10-18-25(23)30/h1-18H,19H2. The second-order valence-corrected chi connectivity index (χ2v) is 8.34. The lowest BCUT2D eigenvalue weighted by Gasteiger charge is -2.15. The van der Waals surface area contributed by atoms with Gasteiger partial charge in [-0.05, 0) is 23.8 Å². The molecule has 4 aromatic carbocycles. The molecule has 0 aliphatic heterocycles. The second kappa shape index (κ2) is 9.04. The lowest BCUT2D eigenvalue weighted by Crippen LogP contribution is -2.05. The third-order valence-electron chi connectivity index (χ3n) is 5.46. The smallest absolute Gasteiger partial charge is 0.142 e. The number of halogens is 2. The molecular formula is C28H20Cl2N2. The Morgan fingerprint density at radius 3 is 1.81 bits per heavy atom. The molecule has 0 bridgehead atoms. The Balaban J connectivity index is 1.83. The van der Waals surface area contributed by atoms with E-state index in [0.29, 0.717) is 11.6 Å². The van der Waals surface area contributed by atoms with Gasteiger partial charge in [0.25, 0.3) is 0 Å². The molecule has 1 aromatic heterocycles. The van der Waals surface area contributed by atoms with Gasteiger partial charge in [-0.1, -0.05) is 114 Å². The Bertz CT molecular complexity index is 1360. The van der Waals surface area contributed by atoms with Crippen LogP contribution in [0, 0.1) is 0 Å². The van der Waals surface area contributed by atoms with Gasteiger partial charge >= 0.3 is 0 Å². The molecule has 0 unspecified atom stereocenters. The summed E-state index contributed by atoms with van der Waals surface area (Å²) in [6, 6.07) is 36.4. The summed E-state index contributed by atoms with van der Waals surface area (Å²) in [5.41, 5.74) is 6.00. The van der Waals surface area contributed by atoms with Crippen LogP contribution in [0.15, 0.2) is 109 Å². The van der Waals surface area contributed by atoms with Gasteiger partial charge in [0.1, 0.15) is 5.82 Å². The Hall–Kier alpha value is -3.33. The van der Waals surface area contributed by atoms with Crippen LogP contribution in [-0.4, -0.2) is 9.55 Å². The number of benzene rings is 4. The average molecular weight is 455 g/mol. The third kappa shape index (κ3) is 3.95. The van der Waals surface area contributed by atoms with E-state index in [9.17, 15) is 0 Å². The number of aromatic nitrogens is 2. The molecule has 0 radical (unpaired) electrons. The largest absolute Gasteiger partial charge is 0.319 e. The van der Waals surface area contributed by atoms with Crippen molar-refractivity contribution in [2.45, 2.75) is 6.54 Å². The molecule has 4 heteroatoms. The highest BCUT2D eigenvalue weighted by atomic mass is 35.5. The van der Waals surface area contributed by atoms with Crippen LogP contribution in [0.4, 0.5) is 0 Å². The SMILES string of the molecule is Clc1ccccc1Cn1c(-c2ccccc2Cl)nc(-c2ccccc2)c1-c1ccccc1. The maximum atomic E-state index is 6.64. The van der Waals surface area contributed by atoms with E-state index in [2.05, 4.69) is 34.9 Å². The first-order valence-corrected chi connectivity index (χ1v) is 11.2. The predicted molar refractivity (Wildman–Crippen MR) is 134 cm³/mol. The van der Waals surface area contributed by atoms with Crippen molar-refractivity contribution in [2.24, 2.45) is 0 Å². The van der Waals surface area contributed by atoms with Crippen LogP contribution in [-0.2, 0) is 6.54 Å². The number of imidazole rings is 1. The monoisotopic (exact) mass is 454 g/mol. The number of nitrogens with zero attached hydrogens (tertiary/aromatic N) is 2. The summed E-state index contributed by atoms with van der Waals surface area (Å²) in [5, 5.41) is 1.39. The van der Waals surface area contributed by atoms with Gasteiger partial charge in [-0.25, -0.2) is 4.98 Å². The highest BCUT2D eigenvalue weighted by Crippen LogP contribution is 2.39. The summed E-state index contributed by atoms with van der Waals surface area (Å²) < 4.78 is 2.22. The van der Waals surface area contributed by atoms with Crippen molar-refractivity contribution in [3.05, 3.63) is 125 Å². The minimum absolute atomic E-state index is 0.574. The Morgan fingerprint density at radius 2 is 1.16 bits per heavy atom. The zero-order valence-electron chi connectivity index (χ0n) is 17.2. The average Bonchev–Trinajstić information content (AvgIpc) is 3.21. The summed E-state index contributed by atoms with van der Waals surface area (Å²) in [6.45, 7) is 0.574. The Kier molecular flexibility index (Phi) is 5.81. The quantitative estimate of drug-likeness (QED) is 0.261. The first kappa shape index (κ1) is 20.6.